The fourth-order valence-corrected chi connectivity index (χ4v) is 1.82. The standard InChI is InChI=1S/C18H33N3O2/c1-14(21-15(2)19-8)12-10-9-11-13-20-18(6,7)16(22)23-17(3,4)5/h20-21H,1-2,8-13H2,3-7H3. The van der Waals surface area contributed by atoms with Crippen molar-refractivity contribution in [1.82, 2.24) is 10.6 Å². The van der Waals surface area contributed by atoms with Gasteiger partial charge in [0.05, 0.1) is 0 Å². The molecule has 0 aromatic rings. The van der Waals surface area contributed by atoms with Crippen molar-refractivity contribution in [2.45, 2.75) is 71.4 Å². The lowest BCUT2D eigenvalue weighted by Crippen LogP contribution is -2.50. The SMILES string of the molecule is C=NC(=C)NC(=C)CCCCCNC(C)(C)C(=O)OC(C)(C)C. The highest BCUT2D eigenvalue weighted by molar-refractivity contribution is 5.80. The summed E-state index contributed by atoms with van der Waals surface area (Å²) in [7, 11) is 0. The van der Waals surface area contributed by atoms with Gasteiger partial charge in [-0.1, -0.05) is 19.6 Å². The van der Waals surface area contributed by atoms with Gasteiger partial charge in [-0.15, -0.1) is 0 Å². The maximum atomic E-state index is 12.1. The Labute approximate surface area is 141 Å². The van der Waals surface area contributed by atoms with Crippen LogP contribution in [0, 0.1) is 0 Å². The largest absolute Gasteiger partial charge is 0.459 e. The second kappa shape index (κ2) is 9.50. The minimum atomic E-state index is -0.675. The molecule has 132 valence electrons. The maximum Gasteiger partial charge on any atom is 0.326 e. The summed E-state index contributed by atoms with van der Waals surface area (Å²) in [4.78, 5) is 15.8. The normalized spacial score (nSPS) is 11.7. The number of hydrogen-bond acceptors (Lipinski definition) is 5. The number of aliphatic imine (C=N–C) groups is 1. The van der Waals surface area contributed by atoms with Crippen molar-refractivity contribution in [2.24, 2.45) is 4.99 Å². The molecule has 0 amide bonds. The van der Waals surface area contributed by atoms with Gasteiger partial charge in [0.15, 0.2) is 0 Å². The van der Waals surface area contributed by atoms with E-state index in [9.17, 15) is 4.79 Å². The summed E-state index contributed by atoms with van der Waals surface area (Å²) in [5.74, 6) is 0.300. The zero-order valence-electron chi connectivity index (χ0n) is 15.4. The predicted octanol–water partition coefficient (Wildman–Crippen LogP) is 3.53. The Hall–Kier alpha value is -1.62. The topological polar surface area (TPSA) is 62.7 Å². The van der Waals surface area contributed by atoms with Crippen LogP contribution in [0.15, 0.2) is 29.7 Å². The lowest BCUT2D eigenvalue weighted by atomic mass is 10.0. The van der Waals surface area contributed by atoms with Crippen molar-refractivity contribution in [2.75, 3.05) is 6.54 Å². The fraction of sp³-hybridized carbons (Fsp3) is 0.667. The highest BCUT2D eigenvalue weighted by Gasteiger charge is 2.31. The zero-order valence-corrected chi connectivity index (χ0v) is 15.4. The van der Waals surface area contributed by atoms with E-state index in [1.165, 1.54) is 0 Å². The number of allylic oxidation sites excluding steroid dienone is 1. The van der Waals surface area contributed by atoms with E-state index in [0.717, 1.165) is 37.9 Å². The molecule has 0 aliphatic rings. The van der Waals surface area contributed by atoms with Crippen LogP contribution in [-0.4, -0.2) is 30.4 Å². The van der Waals surface area contributed by atoms with Gasteiger partial charge >= 0.3 is 5.97 Å². The van der Waals surface area contributed by atoms with Crippen LogP contribution >= 0.6 is 0 Å². The maximum absolute atomic E-state index is 12.1. The molecule has 23 heavy (non-hydrogen) atoms. The van der Waals surface area contributed by atoms with Gasteiger partial charge < -0.3 is 15.4 Å². The Kier molecular flexibility index (Phi) is 8.83. The molecule has 0 aromatic heterocycles. The molecule has 0 aliphatic heterocycles. The number of nitrogens with one attached hydrogen (secondary N) is 2. The van der Waals surface area contributed by atoms with Crippen molar-refractivity contribution in [1.29, 1.82) is 0 Å². The van der Waals surface area contributed by atoms with Gasteiger partial charge in [0, 0.05) is 5.70 Å². The molecule has 0 rings (SSSR count). The van der Waals surface area contributed by atoms with Gasteiger partial charge in [0.1, 0.15) is 17.0 Å². The number of carbonyl (C=O) groups excluding carboxylic acids is 1. The summed E-state index contributed by atoms with van der Waals surface area (Å²) in [5.41, 5.74) is -0.246. The van der Waals surface area contributed by atoms with E-state index in [0.29, 0.717) is 5.82 Å². The van der Waals surface area contributed by atoms with Gasteiger partial charge in [-0.05, 0) is 67.1 Å². The van der Waals surface area contributed by atoms with Crippen LogP contribution in [0.1, 0.15) is 60.3 Å². The molecule has 5 heteroatoms. The lowest BCUT2D eigenvalue weighted by Gasteiger charge is -2.29. The minimum absolute atomic E-state index is 0.224. The molecule has 2 N–H and O–H groups in total. The van der Waals surface area contributed by atoms with Gasteiger partial charge in [-0.3, -0.25) is 4.79 Å². The monoisotopic (exact) mass is 323 g/mol. The second-order valence-corrected chi connectivity index (χ2v) is 7.20. The number of rotatable bonds is 11. The third-order valence-corrected chi connectivity index (χ3v) is 3.14. The number of unbranched alkanes of at least 4 members (excludes halogenated alkanes) is 2. The van der Waals surface area contributed by atoms with E-state index in [-0.39, 0.29) is 5.97 Å². The van der Waals surface area contributed by atoms with E-state index in [1.54, 1.807) is 0 Å². The first-order valence-electron chi connectivity index (χ1n) is 8.07. The van der Waals surface area contributed by atoms with Gasteiger partial charge in [-0.25, -0.2) is 4.99 Å². The van der Waals surface area contributed by atoms with Gasteiger partial charge in [0.2, 0.25) is 0 Å². The second-order valence-electron chi connectivity index (χ2n) is 7.20. The zero-order chi connectivity index (χ0) is 18.1. The molecule has 0 saturated carbocycles. The van der Waals surface area contributed by atoms with Crippen LogP contribution in [0.5, 0.6) is 0 Å². The molecular weight excluding hydrogens is 290 g/mol. The van der Waals surface area contributed by atoms with Crippen LogP contribution in [0.3, 0.4) is 0 Å². The third kappa shape index (κ3) is 10.7. The Morgan fingerprint density at radius 1 is 1.09 bits per heavy atom. The van der Waals surface area contributed by atoms with E-state index >= 15 is 0 Å². The Bertz CT molecular complexity index is 434. The molecule has 0 spiro atoms. The van der Waals surface area contributed by atoms with Gasteiger partial charge in [-0.2, -0.15) is 0 Å². The van der Waals surface area contributed by atoms with Crippen molar-refractivity contribution >= 4 is 12.7 Å². The van der Waals surface area contributed by atoms with E-state index in [1.807, 2.05) is 34.6 Å². The van der Waals surface area contributed by atoms with E-state index in [2.05, 4.69) is 35.5 Å². The van der Waals surface area contributed by atoms with Crippen LogP contribution in [0.2, 0.25) is 0 Å². The fourth-order valence-electron chi connectivity index (χ4n) is 1.82. The van der Waals surface area contributed by atoms with Crippen LogP contribution in [0.4, 0.5) is 0 Å². The number of carbonyl (C=O) groups is 1. The number of ether oxygens (including phenoxy) is 1. The molecule has 0 aliphatic carbocycles. The first-order chi connectivity index (χ1) is 10.5. The smallest absolute Gasteiger partial charge is 0.326 e. The van der Waals surface area contributed by atoms with Crippen LogP contribution < -0.4 is 10.6 Å². The molecule has 0 saturated heterocycles. The van der Waals surface area contributed by atoms with Crippen molar-refractivity contribution < 1.29 is 9.53 Å². The van der Waals surface area contributed by atoms with E-state index < -0.39 is 11.1 Å². The summed E-state index contributed by atoms with van der Waals surface area (Å²) < 4.78 is 5.42. The average molecular weight is 323 g/mol. The number of esters is 1. The van der Waals surface area contributed by atoms with Crippen molar-refractivity contribution in [3.05, 3.63) is 24.7 Å². The Morgan fingerprint density at radius 2 is 1.70 bits per heavy atom. The quantitative estimate of drug-likeness (QED) is 0.347. The average Bonchev–Trinajstić information content (AvgIpc) is 2.40. The molecule has 0 bridgehead atoms. The highest BCUT2D eigenvalue weighted by Crippen LogP contribution is 2.14. The van der Waals surface area contributed by atoms with E-state index in [4.69, 9.17) is 4.74 Å². The molecule has 0 heterocycles. The number of nitrogens with zero attached hydrogens (tertiary/aromatic N) is 1. The summed E-state index contributed by atoms with van der Waals surface area (Å²) >= 11 is 0. The number of hydrogen-bond donors (Lipinski definition) is 2. The van der Waals surface area contributed by atoms with Crippen LogP contribution in [0.25, 0.3) is 0 Å². The molecule has 0 aromatic carbocycles. The molecular formula is C18H33N3O2. The first-order valence-corrected chi connectivity index (χ1v) is 8.07. The third-order valence-electron chi connectivity index (χ3n) is 3.14. The highest BCUT2D eigenvalue weighted by atomic mass is 16.6. The summed E-state index contributed by atoms with van der Waals surface area (Å²) in [5, 5.41) is 6.25. The summed E-state index contributed by atoms with van der Waals surface area (Å²) in [6.07, 6.45) is 3.92. The molecule has 0 radical (unpaired) electrons. The predicted molar refractivity (Wildman–Crippen MR) is 97.4 cm³/mol. The summed E-state index contributed by atoms with van der Waals surface area (Å²) in [6, 6.07) is 0. The van der Waals surface area contributed by atoms with Crippen molar-refractivity contribution in [3.63, 3.8) is 0 Å². The molecule has 0 unspecified atom stereocenters. The first kappa shape index (κ1) is 21.4. The van der Waals surface area contributed by atoms with Crippen LogP contribution in [-0.2, 0) is 9.53 Å². The Morgan fingerprint density at radius 3 is 2.22 bits per heavy atom. The van der Waals surface area contributed by atoms with Crippen molar-refractivity contribution in [3.8, 4) is 0 Å². The molecule has 0 fully saturated rings. The molecule has 5 nitrogen and oxygen atoms in total. The Balaban J connectivity index is 3.90. The van der Waals surface area contributed by atoms with Gasteiger partial charge in [0.25, 0.3) is 0 Å². The molecule has 0 atom stereocenters. The lowest BCUT2D eigenvalue weighted by molar-refractivity contribution is -0.161. The minimum Gasteiger partial charge on any atom is -0.459 e. The summed E-state index contributed by atoms with van der Waals surface area (Å²) in [6.45, 7) is 21.1.